The Kier molecular flexibility index (Phi) is 5.54. The summed E-state index contributed by atoms with van der Waals surface area (Å²) in [4.78, 5) is 0. The highest BCUT2D eigenvalue weighted by Gasteiger charge is 2.23. The van der Waals surface area contributed by atoms with Gasteiger partial charge >= 0.3 is 0 Å². The molecule has 0 bridgehead atoms. The minimum Gasteiger partial charge on any atom is -0.380 e. The monoisotopic (exact) mass is 326 g/mol. The molecule has 21 heavy (non-hydrogen) atoms. The van der Waals surface area contributed by atoms with E-state index in [1.165, 1.54) is 0 Å². The first-order chi connectivity index (χ1) is 10.1. The molecule has 0 aliphatic rings. The van der Waals surface area contributed by atoms with Crippen molar-refractivity contribution in [1.82, 2.24) is 5.16 Å². The molecule has 0 saturated heterocycles. The van der Waals surface area contributed by atoms with Gasteiger partial charge in [-0.3, -0.25) is 0 Å². The summed E-state index contributed by atoms with van der Waals surface area (Å²) in [7, 11) is 0. The molecule has 2 aromatic rings. The predicted molar refractivity (Wildman–Crippen MR) is 88.9 cm³/mol. The van der Waals surface area contributed by atoms with E-state index in [0.717, 1.165) is 42.6 Å². The Balaban J connectivity index is 2.47. The largest absolute Gasteiger partial charge is 0.380 e. The van der Waals surface area contributed by atoms with Crippen molar-refractivity contribution in [1.29, 1.82) is 0 Å². The molecule has 0 radical (unpaired) electrons. The number of nitrogen functional groups attached to an aromatic ring is 1. The lowest BCUT2D eigenvalue weighted by atomic mass is 9.91. The van der Waals surface area contributed by atoms with E-state index in [1.54, 1.807) is 6.07 Å². The van der Waals surface area contributed by atoms with Gasteiger partial charge in [0.15, 0.2) is 5.82 Å². The van der Waals surface area contributed by atoms with Crippen LogP contribution < -0.4 is 5.73 Å². The number of benzene rings is 1. The van der Waals surface area contributed by atoms with Crippen LogP contribution in [-0.2, 0) is 0 Å². The number of hydrogen-bond donors (Lipinski definition) is 1. The van der Waals surface area contributed by atoms with Crippen molar-refractivity contribution in [2.75, 3.05) is 5.73 Å². The van der Waals surface area contributed by atoms with Crippen LogP contribution in [0.3, 0.4) is 0 Å². The van der Waals surface area contributed by atoms with Gasteiger partial charge in [-0.25, -0.2) is 0 Å². The molecule has 3 nitrogen and oxygen atoms in total. The summed E-state index contributed by atoms with van der Waals surface area (Å²) >= 11 is 12.1. The summed E-state index contributed by atoms with van der Waals surface area (Å²) in [6, 6.07) is 5.48. The van der Waals surface area contributed by atoms with Gasteiger partial charge < -0.3 is 10.3 Å². The number of hydrogen-bond acceptors (Lipinski definition) is 3. The molecule has 0 saturated carbocycles. The van der Waals surface area contributed by atoms with E-state index in [0.29, 0.717) is 21.8 Å². The van der Waals surface area contributed by atoms with Crippen LogP contribution in [0.5, 0.6) is 0 Å². The fourth-order valence-corrected chi connectivity index (χ4v) is 2.94. The number of anilines is 1. The summed E-state index contributed by atoms with van der Waals surface area (Å²) in [6.45, 7) is 4.34. The second-order valence-electron chi connectivity index (χ2n) is 5.21. The van der Waals surface area contributed by atoms with Crippen molar-refractivity contribution in [3.63, 3.8) is 0 Å². The first-order valence-electron chi connectivity index (χ1n) is 7.28. The normalized spacial score (nSPS) is 11.3. The van der Waals surface area contributed by atoms with Crippen molar-refractivity contribution in [2.24, 2.45) is 0 Å². The summed E-state index contributed by atoms with van der Waals surface area (Å²) < 4.78 is 5.54. The van der Waals surface area contributed by atoms with Crippen LogP contribution in [0.1, 0.15) is 51.2 Å². The van der Waals surface area contributed by atoms with Crippen LogP contribution in [0.4, 0.5) is 5.82 Å². The summed E-state index contributed by atoms with van der Waals surface area (Å²) in [6.07, 6.45) is 4.28. The zero-order valence-corrected chi connectivity index (χ0v) is 13.8. The van der Waals surface area contributed by atoms with E-state index in [4.69, 9.17) is 33.5 Å². The zero-order chi connectivity index (χ0) is 15.4. The Morgan fingerprint density at radius 3 is 2.38 bits per heavy atom. The van der Waals surface area contributed by atoms with Crippen molar-refractivity contribution >= 4 is 29.0 Å². The highest BCUT2D eigenvalue weighted by molar-refractivity contribution is 6.42. The van der Waals surface area contributed by atoms with Gasteiger partial charge in [-0.2, -0.15) is 0 Å². The quantitative estimate of drug-likeness (QED) is 0.717. The van der Waals surface area contributed by atoms with E-state index < -0.39 is 0 Å². The third-order valence-electron chi connectivity index (χ3n) is 3.60. The molecule has 1 aromatic carbocycles. The molecule has 1 aromatic heterocycles. The third-order valence-corrected chi connectivity index (χ3v) is 4.34. The molecule has 0 aliphatic carbocycles. The zero-order valence-electron chi connectivity index (χ0n) is 12.3. The van der Waals surface area contributed by atoms with Gasteiger partial charge in [-0.15, -0.1) is 0 Å². The van der Waals surface area contributed by atoms with E-state index in [2.05, 4.69) is 19.0 Å². The maximum atomic E-state index is 6.11. The van der Waals surface area contributed by atoms with Gasteiger partial charge in [0.25, 0.3) is 0 Å². The van der Waals surface area contributed by atoms with Crippen molar-refractivity contribution in [3.8, 4) is 11.1 Å². The molecule has 0 atom stereocenters. The lowest BCUT2D eigenvalue weighted by molar-refractivity contribution is 0.346. The molecule has 1 heterocycles. The van der Waals surface area contributed by atoms with Gasteiger partial charge in [0, 0.05) is 5.92 Å². The predicted octanol–water partition coefficient (Wildman–Crippen LogP) is 5.91. The van der Waals surface area contributed by atoms with Gasteiger partial charge in [-0.05, 0) is 30.5 Å². The first-order valence-corrected chi connectivity index (χ1v) is 8.04. The van der Waals surface area contributed by atoms with Gasteiger partial charge in [0.2, 0.25) is 0 Å². The Bertz CT molecular complexity index is 604. The molecule has 0 unspecified atom stereocenters. The van der Waals surface area contributed by atoms with Gasteiger partial charge in [0.1, 0.15) is 5.76 Å². The Labute approximate surface area is 135 Å². The molecule has 2 N–H and O–H groups in total. The minimum absolute atomic E-state index is 0.328. The standard InChI is InChI=1S/C16H20Cl2N2O/c1-3-5-10(6-4-2)15-14(16(19)20-21-15)11-7-8-12(17)13(18)9-11/h7-10H,3-6H2,1-2H3,(H2,19,20). The third kappa shape index (κ3) is 3.53. The molecule has 114 valence electrons. The molecule has 0 fully saturated rings. The van der Waals surface area contributed by atoms with Gasteiger partial charge in [-0.1, -0.05) is 61.1 Å². The van der Waals surface area contributed by atoms with Crippen molar-refractivity contribution in [2.45, 2.75) is 45.4 Å². The van der Waals surface area contributed by atoms with Crippen LogP contribution >= 0.6 is 23.2 Å². The van der Waals surface area contributed by atoms with Crippen molar-refractivity contribution < 1.29 is 4.52 Å². The number of halogens is 2. The van der Waals surface area contributed by atoms with E-state index >= 15 is 0 Å². The van der Waals surface area contributed by atoms with Gasteiger partial charge in [0.05, 0.1) is 15.6 Å². The molecule has 2 rings (SSSR count). The Morgan fingerprint density at radius 1 is 1.14 bits per heavy atom. The van der Waals surface area contributed by atoms with E-state index in [9.17, 15) is 0 Å². The Morgan fingerprint density at radius 2 is 1.81 bits per heavy atom. The number of nitrogens with zero attached hydrogens (tertiary/aromatic N) is 1. The van der Waals surface area contributed by atoms with Crippen LogP contribution in [0.25, 0.3) is 11.1 Å². The molecular formula is C16H20Cl2N2O. The lowest BCUT2D eigenvalue weighted by Gasteiger charge is -2.14. The van der Waals surface area contributed by atoms with Crippen LogP contribution in [0.2, 0.25) is 10.0 Å². The average Bonchev–Trinajstić information content (AvgIpc) is 2.83. The highest BCUT2D eigenvalue weighted by atomic mass is 35.5. The smallest absolute Gasteiger partial charge is 0.175 e. The van der Waals surface area contributed by atoms with Crippen LogP contribution in [0.15, 0.2) is 22.7 Å². The van der Waals surface area contributed by atoms with E-state index in [1.807, 2.05) is 12.1 Å². The maximum Gasteiger partial charge on any atom is 0.175 e. The topological polar surface area (TPSA) is 52.0 Å². The highest BCUT2D eigenvalue weighted by Crippen LogP contribution is 2.39. The second-order valence-corrected chi connectivity index (χ2v) is 6.02. The number of rotatable bonds is 6. The summed E-state index contributed by atoms with van der Waals surface area (Å²) in [5, 5.41) is 4.98. The second kappa shape index (κ2) is 7.19. The van der Waals surface area contributed by atoms with E-state index in [-0.39, 0.29) is 0 Å². The van der Waals surface area contributed by atoms with Crippen molar-refractivity contribution in [3.05, 3.63) is 34.0 Å². The Hall–Kier alpha value is -1.19. The molecule has 5 heteroatoms. The molecular weight excluding hydrogens is 307 g/mol. The fourth-order valence-electron chi connectivity index (χ4n) is 2.64. The summed E-state index contributed by atoms with van der Waals surface area (Å²) in [5.41, 5.74) is 7.76. The lowest BCUT2D eigenvalue weighted by Crippen LogP contribution is -1.99. The number of aromatic nitrogens is 1. The SMILES string of the molecule is CCCC(CCC)c1onc(N)c1-c1ccc(Cl)c(Cl)c1. The molecule has 0 spiro atoms. The molecule has 0 amide bonds. The first kappa shape index (κ1) is 16.2. The minimum atomic E-state index is 0.328. The fraction of sp³-hybridized carbons (Fsp3) is 0.438. The maximum absolute atomic E-state index is 6.11. The van der Waals surface area contributed by atoms with Crippen LogP contribution in [-0.4, -0.2) is 5.16 Å². The average molecular weight is 327 g/mol. The number of nitrogens with two attached hydrogens (primary N) is 1. The molecule has 0 aliphatic heterocycles. The summed E-state index contributed by atoms with van der Waals surface area (Å²) in [5.74, 6) is 1.59. The van der Waals surface area contributed by atoms with Crippen LogP contribution in [0, 0.1) is 0 Å².